The zero-order valence-corrected chi connectivity index (χ0v) is 10.2. The highest BCUT2D eigenvalue weighted by molar-refractivity contribution is 5.72. The van der Waals surface area contributed by atoms with Crippen LogP contribution in [0.15, 0.2) is 0 Å². The fourth-order valence-corrected chi connectivity index (χ4v) is 1.24. The van der Waals surface area contributed by atoms with Gasteiger partial charge in [-0.3, -0.25) is 4.79 Å². The summed E-state index contributed by atoms with van der Waals surface area (Å²) < 4.78 is 4.72. The van der Waals surface area contributed by atoms with E-state index in [-0.39, 0.29) is 12.0 Å². The van der Waals surface area contributed by atoms with Crippen LogP contribution in [0.1, 0.15) is 39.5 Å². The van der Waals surface area contributed by atoms with E-state index >= 15 is 0 Å². The van der Waals surface area contributed by atoms with Crippen LogP contribution < -0.4 is 10.6 Å². The highest BCUT2D eigenvalue weighted by atomic mass is 16.5. The molecule has 0 atom stereocenters. The summed E-state index contributed by atoms with van der Waals surface area (Å²) >= 11 is 0. The minimum atomic E-state index is -0.347. The SMILES string of the molecule is CCOC(=O)NCCCCCCNC(C)=O. The van der Waals surface area contributed by atoms with Crippen LogP contribution in [0.25, 0.3) is 0 Å². The topological polar surface area (TPSA) is 67.4 Å². The molecule has 0 radical (unpaired) electrons. The molecular weight excluding hydrogens is 208 g/mol. The molecule has 0 aromatic carbocycles. The van der Waals surface area contributed by atoms with Gasteiger partial charge in [0.05, 0.1) is 6.61 Å². The third-order valence-electron chi connectivity index (χ3n) is 2.02. The summed E-state index contributed by atoms with van der Waals surface area (Å²) in [6.07, 6.45) is 3.69. The fourth-order valence-electron chi connectivity index (χ4n) is 1.24. The van der Waals surface area contributed by atoms with Gasteiger partial charge in [-0.15, -0.1) is 0 Å². The molecule has 94 valence electrons. The molecule has 0 rings (SSSR count). The van der Waals surface area contributed by atoms with E-state index in [2.05, 4.69) is 10.6 Å². The number of hydrogen-bond donors (Lipinski definition) is 2. The maximum atomic E-state index is 10.9. The average Bonchev–Trinajstić information content (AvgIpc) is 2.22. The largest absolute Gasteiger partial charge is 0.450 e. The molecule has 2 N–H and O–H groups in total. The molecule has 0 aromatic heterocycles. The van der Waals surface area contributed by atoms with Crippen molar-refractivity contribution < 1.29 is 14.3 Å². The van der Waals surface area contributed by atoms with Crippen LogP contribution in [-0.4, -0.2) is 31.7 Å². The molecule has 2 amide bonds. The van der Waals surface area contributed by atoms with Crippen LogP contribution in [0.4, 0.5) is 4.79 Å². The number of carbonyl (C=O) groups is 2. The van der Waals surface area contributed by atoms with E-state index in [1.165, 1.54) is 6.92 Å². The third kappa shape index (κ3) is 10.8. The first-order valence-corrected chi connectivity index (χ1v) is 5.82. The maximum Gasteiger partial charge on any atom is 0.407 e. The predicted octanol–water partition coefficient (Wildman–Crippen LogP) is 1.43. The van der Waals surface area contributed by atoms with Crippen LogP contribution in [0, 0.1) is 0 Å². The van der Waals surface area contributed by atoms with Crippen molar-refractivity contribution in [2.24, 2.45) is 0 Å². The van der Waals surface area contributed by atoms with E-state index < -0.39 is 0 Å². The first kappa shape index (κ1) is 14.7. The lowest BCUT2D eigenvalue weighted by Crippen LogP contribution is -2.25. The number of rotatable bonds is 8. The minimum Gasteiger partial charge on any atom is -0.450 e. The highest BCUT2D eigenvalue weighted by Gasteiger charge is 1.98. The molecule has 5 heteroatoms. The molecule has 0 spiro atoms. The van der Waals surface area contributed by atoms with E-state index in [4.69, 9.17) is 4.74 Å². The van der Waals surface area contributed by atoms with E-state index in [1.54, 1.807) is 6.92 Å². The summed E-state index contributed by atoms with van der Waals surface area (Å²) in [5.41, 5.74) is 0. The van der Waals surface area contributed by atoms with Crippen LogP contribution in [0.2, 0.25) is 0 Å². The molecule has 0 saturated heterocycles. The van der Waals surface area contributed by atoms with Crippen molar-refractivity contribution in [2.45, 2.75) is 39.5 Å². The molecule has 16 heavy (non-hydrogen) atoms. The number of unbranched alkanes of at least 4 members (excludes halogenated alkanes) is 3. The van der Waals surface area contributed by atoms with Crippen molar-refractivity contribution in [3.8, 4) is 0 Å². The fraction of sp³-hybridized carbons (Fsp3) is 0.818. The van der Waals surface area contributed by atoms with Crippen molar-refractivity contribution in [3.05, 3.63) is 0 Å². The van der Waals surface area contributed by atoms with Crippen LogP contribution >= 0.6 is 0 Å². The number of ether oxygens (including phenoxy) is 1. The standard InChI is InChI=1S/C11H22N2O3/c1-3-16-11(15)13-9-7-5-4-6-8-12-10(2)14/h3-9H2,1-2H3,(H,12,14)(H,13,15). The lowest BCUT2D eigenvalue weighted by Gasteiger charge is -2.05. The van der Waals surface area contributed by atoms with E-state index in [0.29, 0.717) is 13.2 Å². The Bertz CT molecular complexity index is 207. The predicted molar refractivity (Wildman–Crippen MR) is 62.2 cm³/mol. The first-order valence-electron chi connectivity index (χ1n) is 5.82. The summed E-state index contributed by atoms with van der Waals surface area (Å²) in [7, 11) is 0. The Balaban J connectivity index is 3.09. The molecule has 0 saturated carbocycles. The average molecular weight is 230 g/mol. The lowest BCUT2D eigenvalue weighted by atomic mass is 10.2. The molecule has 0 aliphatic rings. The second kappa shape index (κ2) is 10.3. The minimum absolute atomic E-state index is 0.0176. The van der Waals surface area contributed by atoms with E-state index in [1.807, 2.05) is 0 Å². The molecule has 0 aliphatic carbocycles. The first-order chi connectivity index (χ1) is 7.66. The molecule has 0 aliphatic heterocycles. The maximum absolute atomic E-state index is 10.9. The van der Waals surface area contributed by atoms with Crippen molar-refractivity contribution in [1.82, 2.24) is 10.6 Å². The number of hydrogen-bond acceptors (Lipinski definition) is 3. The van der Waals surface area contributed by atoms with Gasteiger partial charge in [0.2, 0.25) is 5.91 Å². The lowest BCUT2D eigenvalue weighted by molar-refractivity contribution is -0.118. The number of amides is 2. The van der Waals surface area contributed by atoms with Gasteiger partial charge >= 0.3 is 6.09 Å². The van der Waals surface area contributed by atoms with Crippen molar-refractivity contribution in [2.75, 3.05) is 19.7 Å². The van der Waals surface area contributed by atoms with Gasteiger partial charge in [0, 0.05) is 20.0 Å². The van der Waals surface area contributed by atoms with Gasteiger partial charge in [-0.1, -0.05) is 12.8 Å². The van der Waals surface area contributed by atoms with E-state index in [0.717, 1.165) is 32.2 Å². The van der Waals surface area contributed by atoms with Gasteiger partial charge in [-0.05, 0) is 19.8 Å². The summed E-state index contributed by atoms with van der Waals surface area (Å²) in [6, 6.07) is 0. The molecule has 0 unspecified atom stereocenters. The summed E-state index contributed by atoms with van der Waals surface area (Å²) in [6.45, 7) is 5.09. The quantitative estimate of drug-likeness (QED) is 0.620. The van der Waals surface area contributed by atoms with Crippen LogP contribution in [0.5, 0.6) is 0 Å². The zero-order valence-electron chi connectivity index (χ0n) is 10.2. The zero-order chi connectivity index (χ0) is 12.2. The highest BCUT2D eigenvalue weighted by Crippen LogP contribution is 1.97. The molecule has 0 bridgehead atoms. The van der Waals surface area contributed by atoms with Gasteiger partial charge in [0.15, 0.2) is 0 Å². The number of carbonyl (C=O) groups excluding carboxylic acids is 2. The Morgan fingerprint density at radius 1 is 1.00 bits per heavy atom. The second-order valence-electron chi connectivity index (χ2n) is 3.54. The summed E-state index contributed by atoms with van der Waals surface area (Å²) in [5.74, 6) is 0.0176. The van der Waals surface area contributed by atoms with Crippen molar-refractivity contribution in [3.63, 3.8) is 0 Å². The molecule has 0 fully saturated rings. The summed E-state index contributed by atoms with van der Waals surface area (Å²) in [4.78, 5) is 21.4. The van der Waals surface area contributed by atoms with Gasteiger partial charge < -0.3 is 15.4 Å². The Hall–Kier alpha value is -1.26. The number of nitrogens with one attached hydrogen (secondary N) is 2. The van der Waals surface area contributed by atoms with Gasteiger partial charge in [0.1, 0.15) is 0 Å². The normalized spacial score (nSPS) is 9.62. The smallest absolute Gasteiger partial charge is 0.407 e. The summed E-state index contributed by atoms with van der Waals surface area (Å²) in [5, 5.41) is 5.40. The van der Waals surface area contributed by atoms with Crippen LogP contribution in [-0.2, 0) is 9.53 Å². The van der Waals surface area contributed by atoms with Gasteiger partial charge in [-0.25, -0.2) is 4.79 Å². The van der Waals surface area contributed by atoms with Gasteiger partial charge in [-0.2, -0.15) is 0 Å². The Morgan fingerprint density at radius 2 is 1.56 bits per heavy atom. The van der Waals surface area contributed by atoms with Gasteiger partial charge in [0.25, 0.3) is 0 Å². The molecule has 0 aromatic rings. The van der Waals surface area contributed by atoms with E-state index in [9.17, 15) is 9.59 Å². The third-order valence-corrected chi connectivity index (χ3v) is 2.02. The monoisotopic (exact) mass is 230 g/mol. The van der Waals surface area contributed by atoms with Crippen LogP contribution in [0.3, 0.4) is 0 Å². The Morgan fingerprint density at radius 3 is 2.06 bits per heavy atom. The number of alkyl carbamates (subject to hydrolysis) is 1. The van der Waals surface area contributed by atoms with Crippen molar-refractivity contribution >= 4 is 12.0 Å². The Labute approximate surface area is 96.9 Å². The Kier molecular flexibility index (Phi) is 9.46. The van der Waals surface area contributed by atoms with Crippen molar-refractivity contribution in [1.29, 1.82) is 0 Å². The molecule has 0 heterocycles. The molecular formula is C11H22N2O3. The molecule has 5 nitrogen and oxygen atoms in total. The second-order valence-corrected chi connectivity index (χ2v) is 3.54.